The largest absolute Gasteiger partial charge is 0.383 e. The Morgan fingerprint density at radius 3 is 2.56 bits per heavy atom. The number of nitrogens with one attached hydrogen (secondary N) is 2. The Labute approximate surface area is 96.7 Å². The lowest BCUT2D eigenvalue weighted by Gasteiger charge is -2.06. The van der Waals surface area contributed by atoms with Crippen molar-refractivity contribution in [2.45, 2.75) is 6.92 Å². The Hall–Kier alpha value is -0.660. The van der Waals surface area contributed by atoms with Gasteiger partial charge in [-0.1, -0.05) is 6.92 Å². The Morgan fingerprint density at radius 2 is 2.00 bits per heavy atom. The normalized spacial score (nSPS) is 11.4. The molecule has 0 saturated heterocycles. The number of hydrogen-bond donors (Lipinski definition) is 2. The van der Waals surface area contributed by atoms with Crippen LogP contribution in [0.25, 0.3) is 0 Å². The molecule has 0 saturated carbocycles. The number of rotatable bonds is 9. The molecule has 0 aliphatic heterocycles. The summed E-state index contributed by atoms with van der Waals surface area (Å²) in [5.74, 6) is -0.107. The molecule has 0 radical (unpaired) electrons. The van der Waals surface area contributed by atoms with Crippen molar-refractivity contribution in [2.75, 3.05) is 44.9 Å². The second-order valence-electron chi connectivity index (χ2n) is 3.26. The van der Waals surface area contributed by atoms with Crippen molar-refractivity contribution in [2.24, 2.45) is 0 Å². The quantitative estimate of drug-likeness (QED) is 0.502. The lowest BCUT2D eigenvalue weighted by atomic mass is 10.5. The third-order valence-electron chi connectivity index (χ3n) is 1.94. The summed E-state index contributed by atoms with van der Waals surface area (Å²) in [5.41, 5.74) is 0. The Morgan fingerprint density at radius 1 is 1.31 bits per heavy atom. The standard InChI is InChI=1S/C9H20N2O4S/c1-3-16(13,14)7-5-11-9(12)8-10-4-6-15-2/h10H,3-8H2,1-2H3,(H,11,12). The maximum atomic E-state index is 11.2. The van der Waals surface area contributed by atoms with Crippen LogP contribution in [0.5, 0.6) is 0 Å². The summed E-state index contributed by atoms with van der Waals surface area (Å²) in [4.78, 5) is 11.2. The van der Waals surface area contributed by atoms with Crippen LogP contribution in [-0.4, -0.2) is 59.2 Å². The second kappa shape index (κ2) is 8.49. The Balaban J connectivity index is 3.51. The van der Waals surface area contributed by atoms with Gasteiger partial charge in [0, 0.05) is 26.0 Å². The van der Waals surface area contributed by atoms with Gasteiger partial charge < -0.3 is 15.4 Å². The molecule has 7 heteroatoms. The smallest absolute Gasteiger partial charge is 0.233 e. The number of hydrogen-bond acceptors (Lipinski definition) is 5. The number of sulfone groups is 1. The van der Waals surface area contributed by atoms with E-state index in [0.29, 0.717) is 13.2 Å². The summed E-state index contributed by atoms with van der Waals surface area (Å²) in [6.45, 7) is 3.06. The highest BCUT2D eigenvalue weighted by Gasteiger charge is 2.07. The summed E-state index contributed by atoms with van der Waals surface area (Å²) in [6, 6.07) is 0. The molecule has 16 heavy (non-hydrogen) atoms. The molecule has 0 aliphatic carbocycles. The summed E-state index contributed by atoms with van der Waals surface area (Å²) < 4.78 is 27.0. The van der Waals surface area contributed by atoms with E-state index >= 15 is 0 Å². The first-order chi connectivity index (χ1) is 7.52. The van der Waals surface area contributed by atoms with Crippen molar-refractivity contribution in [3.8, 4) is 0 Å². The van der Waals surface area contributed by atoms with Gasteiger partial charge >= 0.3 is 0 Å². The molecule has 0 aliphatic rings. The Kier molecular flexibility index (Phi) is 8.14. The van der Waals surface area contributed by atoms with Gasteiger partial charge in [0.15, 0.2) is 9.84 Å². The fourth-order valence-electron chi connectivity index (χ4n) is 0.929. The summed E-state index contributed by atoms with van der Waals surface area (Å²) in [5, 5.41) is 5.39. The van der Waals surface area contributed by atoms with Crippen LogP contribution < -0.4 is 10.6 Å². The van der Waals surface area contributed by atoms with E-state index in [-0.39, 0.29) is 30.5 Å². The average Bonchev–Trinajstić information content (AvgIpc) is 2.24. The SMILES string of the molecule is CCS(=O)(=O)CCNC(=O)CNCCOC. The zero-order chi connectivity index (χ0) is 12.4. The van der Waals surface area contributed by atoms with Crippen molar-refractivity contribution in [3.63, 3.8) is 0 Å². The lowest BCUT2D eigenvalue weighted by Crippen LogP contribution is -2.37. The van der Waals surface area contributed by atoms with E-state index in [1.54, 1.807) is 14.0 Å². The van der Waals surface area contributed by atoms with Gasteiger partial charge in [-0.25, -0.2) is 8.42 Å². The summed E-state index contributed by atoms with van der Waals surface area (Å²) >= 11 is 0. The highest BCUT2D eigenvalue weighted by atomic mass is 32.2. The number of carbonyl (C=O) groups excluding carboxylic acids is 1. The van der Waals surface area contributed by atoms with E-state index in [0.717, 1.165) is 0 Å². The van der Waals surface area contributed by atoms with Crippen molar-refractivity contribution in [1.82, 2.24) is 10.6 Å². The molecule has 0 aromatic carbocycles. The van der Waals surface area contributed by atoms with Gasteiger partial charge in [0.05, 0.1) is 18.9 Å². The van der Waals surface area contributed by atoms with Crippen LogP contribution in [0.4, 0.5) is 0 Å². The van der Waals surface area contributed by atoms with Gasteiger partial charge in [-0.2, -0.15) is 0 Å². The fraction of sp³-hybridized carbons (Fsp3) is 0.889. The van der Waals surface area contributed by atoms with Crippen LogP contribution in [0.1, 0.15) is 6.92 Å². The molecule has 0 rings (SSSR count). The molecule has 6 nitrogen and oxygen atoms in total. The van der Waals surface area contributed by atoms with Crippen molar-refractivity contribution >= 4 is 15.7 Å². The average molecular weight is 252 g/mol. The minimum absolute atomic E-state index is 0.00664. The molecule has 0 aromatic heterocycles. The molecule has 0 spiro atoms. The maximum absolute atomic E-state index is 11.2. The van der Waals surface area contributed by atoms with E-state index in [1.807, 2.05) is 0 Å². The molecular formula is C9H20N2O4S. The molecule has 1 amide bonds. The van der Waals surface area contributed by atoms with Crippen molar-refractivity contribution in [3.05, 3.63) is 0 Å². The first-order valence-electron chi connectivity index (χ1n) is 5.18. The van der Waals surface area contributed by atoms with Gasteiger partial charge in [0.1, 0.15) is 0 Å². The zero-order valence-corrected chi connectivity index (χ0v) is 10.6. The van der Waals surface area contributed by atoms with E-state index in [9.17, 15) is 13.2 Å². The highest BCUT2D eigenvalue weighted by Crippen LogP contribution is 1.86. The van der Waals surface area contributed by atoms with Crippen LogP contribution in [0.3, 0.4) is 0 Å². The molecule has 0 bridgehead atoms. The lowest BCUT2D eigenvalue weighted by molar-refractivity contribution is -0.120. The summed E-state index contributed by atoms with van der Waals surface area (Å²) in [6.07, 6.45) is 0. The van der Waals surface area contributed by atoms with E-state index in [4.69, 9.17) is 4.74 Å². The van der Waals surface area contributed by atoms with Crippen molar-refractivity contribution < 1.29 is 17.9 Å². The molecule has 0 aromatic rings. The highest BCUT2D eigenvalue weighted by molar-refractivity contribution is 7.91. The monoisotopic (exact) mass is 252 g/mol. The van der Waals surface area contributed by atoms with Crippen LogP contribution in [0.15, 0.2) is 0 Å². The third-order valence-corrected chi connectivity index (χ3v) is 3.65. The van der Waals surface area contributed by atoms with Crippen LogP contribution >= 0.6 is 0 Å². The molecule has 2 N–H and O–H groups in total. The molecule has 96 valence electrons. The van der Waals surface area contributed by atoms with E-state index < -0.39 is 9.84 Å². The van der Waals surface area contributed by atoms with Gasteiger partial charge in [-0.3, -0.25) is 4.79 Å². The summed E-state index contributed by atoms with van der Waals surface area (Å²) in [7, 11) is -1.42. The van der Waals surface area contributed by atoms with Crippen LogP contribution in [-0.2, 0) is 19.4 Å². The van der Waals surface area contributed by atoms with Crippen molar-refractivity contribution in [1.29, 1.82) is 0 Å². The maximum Gasteiger partial charge on any atom is 0.233 e. The molecule has 0 atom stereocenters. The van der Waals surface area contributed by atoms with Gasteiger partial charge in [-0.05, 0) is 0 Å². The number of methoxy groups -OCH3 is 1. The fourth-order valence-corrected chi connectivity index (χ4v) is 1.63. The molecule has 0 fully saturated rings. The predicted octanol–water partition coefficient (Wildman–Crippen LogP) is -1.23. The van der Waals surface area contributed by atoms with Crippen LogP contribution in [0, 0.1) is 0 Å². The van der Waals surface area contributed by atoms with E-state index in [2.05, 4.69) is 10.6 Å². The van der Waals surface area contributed by atoms with Gasteiger partial charge in [-0.15, -0.1) is 0 Å². The first kappa shape index (κ1) is 15.3. The zero-order valence-electron chi connectivity index (χ0n) is 9.78. The minimum Gasteiger partial charge on any atom is -0.383 e. The second-order valence-corrected chi connectivity index (χ2v) is 5.73. The number of carbonyl (C=O) groups is 1. The Bertz CT molecular complexity index is 290. The number of amides is 1. The third kappa shape index (κ3) is 8.63. The van der Waals surface area contributed by atoms with Gasteiger partial charge in [0.25, 0.3) is 0 Å². The van der Waals surface area contributed by atoms with E-state index in [1.165, 1.54) is 0 Å². The molecule has 0 heterocycles. The molecule has 0 unspecified atom stereocenters. The van der Waals surface area contributed by atoms with Gasteiger partial charge in [0.2, 0.25) is 5.91 Å². The van der Waals surface area contributed by atoms with Crippen LogP contribution in [0.2, 0.25) is 0 Å². The molecular weight excluding hydrogens is 232 g/mol. The minimum atomic E-state index is -3.00. The predicted molar refractivity (Wildman–Crippen MR) is 62.1 cm³/mol. The number of ether oxygens (including phenoxy) is 1. The topological polar surface area (TPSA) is 84.5 Å². The first-order valence-corrected chi connectivity index (χ1v) is 7.00.